The Bertz CT molecular complexity index is 1130. The average Bonchev–Trinajstić information content (AvgIpc) is 3.07. The van der Waals surface area contributed by atoms with E-state index in [4.69, 9.17) is 0 Å². The summed E-state index contributed by atoms with van der Waals surface area (Å²) in [5.41, 5.74) is 2.94. The van der Waals surface area contributed by atoms with E-state index in [0.717, 1.165) is 23.1 Å². The van der Waals surface area contributed by atoms with Crippen molar-refractivity contribution in [3.8, 4) is 0 Å². The van der Waals surface area contributed by atoms with Gasteiger partial charge in [-0.15, -0.1) is 0 Å². The fraction of sp³-hybridized carbons (Fsp3) is 0.364. The molecule has 0 unspecified atom stereocenters. The molecular weight excluding hydrogens is 392 g/mol. The minimum atomic E-state index is -0.229. The van der Waals surface area contributed by atoms with Crippen molar-refractivity contribution in [2.45, 2.75) is 32.7 Å². The molecule has 1 amide bonds. The zero-order chi connectivity index (χ0) is 21.8. The normalized spacial score (nSPS) is 14.3. The van der Waals surface area contributed by atoms with E-state index in [1.807, 2.05) is 31.0 Å². The smallest absolute Gasteiger partial charge is 0.246 e. The summed E-state index contributed by atoms with van der Waals surface area (Å²) in [6.45, 7) is 6.49. The number of aryl methyl sites for hydroxylation is 1. The topological polar surface area (TPSA) is 101 Å². The summed E-state index contributed by atoms with van der Waals surface area (Å²) in [6.07, 6.45) is 8.77. The molecule has 1 saturated carbocycles. The van der Waals surface area contributed by atoms with E-state index in [1.165, 1.54) is 19.3 Å². The van der Waals surface area contributed by atoms with E-state index in [9.17, 15) is 4.79 Å². The van der Waals surface area contributed by atoms with Gasteiger partial charge in [0.15, 0.2) is 5.82 Å². The van der Waals surface area contributed by atoms with Crippen LogP contribution in [-0.2, 0) is 11.3 Å². The van der Waals surface area contributed by atoms with Crippen LogP contribution >= 0.6 is 0 Å². The van der Waals surface area contributed by atoms with Gasteiger partial charge in [-0.1, -0.05) is 6.42 Å². The Morgan fingerprint density at radius 1 is 1.32 bits per heavy atom. The van der Waals surface area contributed by atoms with E-state index >= 15 is 0 Å². The highest BCUT2D eigenvalue weighted by atomic mass is 16.2. The molecule has 3 heterocycles. The summed E-state index contributed by atoms with van der Waals surface area (Å²) in [6, 6.07) is 5.49. The molecule has 0 radical (unpaired) electrons. The lowest BCUT2D eigenvalue weighted by Crippen LogP contribution is -2.33. The third-order valence-corrected chi connectivity index (χ3v) is 5.46. The summed E-state index contributed by atoms with van der Waals surface area (Å²) < 4.78 is 1.57. The van der Waals surface area contributed by atoms with Gasteiger partial charge < -0.3 is 10.2 Å². The number of aliphatic imine (C=N–C) groups is 2. The Kier molecular flexibility index (Phi) is 6.01. The van der Waals surface area contributed by atoms with Crippen LogP contribution in [0.25, 0.3) is 11.0 Å². The number of nitrogens with one attached hydrogen (secondary N) is 1. The second-order valence-electron chi connectivity index (χ2n) is 7.87. The van der Waals surface area contributed by atoms with Crippen LogP contribution in [0, 0.1) is 12.8 Å². The van der Waals surface area contributed by atoms with E-state index < -0.39 is 0 Å². The summed E-state index contributed by atoms with van der Waals surface area (Å²) in [7, 11) is 1.97. The number of carbonyl (C=O) groups excluding carboxylic acids is 1. The molecule has 31 heavy (non-hydrogen) atoms. The number of anilines is 1. The SMILES string of the molecule is C=N/C(=N\c1c(C)cnn1CC(=O)Nc1cnc2cccnc2c1)N(C)CC1CCC1. The Morgan fingerprint density at radius 2 is 2.16 bits per heavy atom. The average molecular weight is 419 g/mol. The molecule has 3 aromatic rings. The maximum absolute atomic E-state index is 12.6. The first kappa shape index (κ1) is 20.6. The second kappa shape index (κ2) is 9.03. The van der Waals surface area contributed by atoms with Gasteiger partial charge in [-0.05, 0) is 50.6 Å². The van der Waals surface area contributed by atoms with Crippen molar-refractivity contribution in [2.24, 2.45) is 15.9 Å². The lowest BCUT2D eigenvalue weighted by Gasteiger charge is -2.30. The third kappa shape index (κ3) is 4.76. The van der Waals surface area contributed by atoms with Crippen molar-refractivity contribution >= 4 is 41.1 Å². The first-order valence-electron chi connectivity index (χ1n) is 10.3. The molecule has 1 aliphatic rings. The van der Waals surface area contributed by atoms with Gasteiger partial charge in [0.1, 0.15) is 6.54 Å². The number of carbonyl (C=O) groups is 1. The predicted molar refractivity (Wildman–Crippen MR) is 122 cm³/mol. The van der Waals surface area contributed by atoms with Crippen LogP contribution in [0.2, 0.25) is 0 Å². The van der Waals surface area contributed by atoms with Crippen LogP contribution in [0.15, 0.2) is 46.8 Å². The molecule has 160 valence electrons. The first-order chi connectivity index (χ1) is 15.0. The zero-order valence-electron chi connectivity index (χ0n) is 17.8. The number of rotatable bonds is 6. The first-order valence-corrected chi connectivity index (χ1v) is 10.3. The Hall–Kier alpha value is -3.62. The molecule has 0 atom stereocenters. The molecule has 0 spiro atoms. The van der Waals surface area contributed by atoms with E-state index in [2.05, 4.69) is 37.1 Å². The van der Waals surface area contributed by atoms with Crippen LogP contribution < -0.4 is 5.32 Å². The fourth-order valence-electron chi connectivity index (χ4n) is 3.57. The van der Waals surface area contributed by atoms with Crippen molar-refractivity contribution in [3.05, 3.63) is 42.4 Å². The molecule has 0 saturated heterocycles. The molecule has 0 bridgehead atoms. The quantitative estimate of drug-likeness (QED) is 0.489. The Balaban J connectivity index is 1.48. The van der Waals surface area contributed by atoms with Crippen molar-refractivity contribution in [2.75, 3.05) is 18.9 Å². The van der Waals surface area contributed by atoms with Crippen molar-refractivity contribution < 1.29 is 4.79 Å². The monoisotopic (exact) mass is 418 g/mol. The molecule has 1 fully saturated rings. The number of aromatic nitrogens is 4. The van der Waals surface area contributed by atoms with Gasteiger partial charge in [-0.3, -0.25) is 14.8 Å². The minimum Gasteiger partial charge on any atom is -0.344 e. The van der Waals surface area contributed by atoms with Crippen molar-refractivity contribution in [1.29, 1.82) is 0 Å². The summed E-state index contributed by atoms with van der Waals surface area (Å²) in [5.74, 6) is 1.57. The summed E-state index contributed by atoms with van der Waals surface area (Å²) >= 11 is 0. The maximum Gasteiger partial charge on any atom is 0.246 e. The zero-order valence-corrected chi connectivity index (χ0v) is 17.8. The van der Waals surface area contributed by atoms with Gasteiger partial charge in [0.05, 0.1) is 29.1 Å². The molecule has 9 nitrogen and oxygen atoms in total. The lowest BCUT2D eigenvalue weighted by atomic mass is 9.85. The molecule has 0 aliphatic heterocycles. The van der Waals surface area contributed by atoms with Crippen molar-refractivity contribution in [1.82, 2.24) is 24.6 Å². The van der Waals surface area contributed by atoms with E-state index in [0.29, 0.717) is 23.4 Å². The molecule has 3 aromatic heterocycles. The van der Waals surface area contributed by atoms with Crippen LogP contribution in [0.3, 0.4) is 0 Å². The Labute approximate surface area is 180 Å². The number of pyridine rings is 2. The number of fused-ring (bicyclic) bond motifs is 1. The highest BCUT2D eigenvalue weighted by molar-refractivity contribution is 5.92. The molecular formula is C22H26N8O. The van der Waals surface area contributed by atoms with Gasteiger partial charge in [-0.2, -0.15) is 10.1 Å². The third-order valence-electron chi connectivity index (χ3n) is 5.46. The van der Waals surface area contributed by atoms with Crippen LogP contribution in [0.4, 0.5) is 11.5 Å². The minimum absolute atomic E-state index is 0.0176. The Morgan fingerprint density at radius 3 is 2.90 bits per heavy atom. The molecule has 1 N–H and O–H groups in total. The highest BCUT2D eigenvalue weighted by Gasteiger charge is 2.21. The number of nitrogens with zero attached hydrogens (tertiary/aromatic N) is 7. The standard InChI is InChI=1S/C22H26N8O/c1-15-11-26-30(21(15)28-22(23-2)29(3)13-16-6-4-7-16)14-20(31)27-17-10-19-18(25-12-17)8-5-9-24-19/h5,8-12,16H,2,4,6-7,13-14H2,1,3H3,(H,27,31)/b28-22+. The van der Waals surface area contributed by atoms with Gasteiger partial charge in [0, 0.05) is 25.4 Å². The highest BCUT2D eigenvalue weighted by Crippen LogP contribution is 2.27. The molecule has 1 aliphatic carbocycles. The van der Waals surface area contributed by atoms with Gasteiger partial charge in [0.2, 0.25) is 11.9 Å². The van der Waals surface area contributed by atoms with Gasteiger partial charge in [-0.25, -0.2) is 9.67 Å². The molecule has 0 aromatic carbocycles. The molecule has 9 heteroatoms. The summed E-state index contributed by atoms with van der Waals surface area (Å²) in [5, 5.41) is 7.18. The van der Waals surface area contributed by atoms with Crippen LogP contribution in [-0.4, -0.2) is 56.8 Å². The maximum atomic E-state index is 12.6. The second-order valence-corrected chi connectivity index (χ2v) is 7.87. The number of hydrogen-bond donors (Lipinski definition) is 1. The van der Waals surface area contributed by atoms with Crippen molar-refractivity contribution in [3.63, 3.8) is 0 Å². The number of guanidine groups is 1. The van der Waals surface area contributed by atoms with Crippen LogP contribution in [0.5, 0.6) is 0 Å². The van der Waals surface area contributed by atoms with Gasteiger partial charge >= 0.3 is 0 Å². The van der Waals surface area contributed by atoms with Gasteiger partial charge in [0.25, 0.3) is 0 Å². The van der Waals surface area contributed by atoms with Crippen LogP contribution in [0.1, 0.15) is 24.8 Å². The summed E-state index contributed by atoms with van der Waals surface area (Å²) in [4.78, 5) is 32.0. The van der Waals surface area contributed by atoms with E-state index in [-0.39, 0.29) is 12.5 Å². The largest absolute Gasteiger partial charge is 0.344 e. The fourth-order valence-corrected chi connectivity index (χ4v) is 3.57. The number of amides is 1. The molecule has 4 rings (SSSR count). The number of hydrogen-bond acceptors (Lipinski definition) is 5. The predicted octanol–water partition coefficient (Wildman–Crippen LogP) is 3.19. The van der Waals surface area contributed by atoms with E-state index in [1.54, 1.807) is 29.3 Å². The lowest BCUT2D eigenvalue weighted by molar-refractivity contribution is -0.116.